The normalized spacial score (nSPS) is 9.80. The maximum Gasteiger partial charge on any atom is 0.405 e. The first-order valence-electron chi connectivity index (χ1n) is 4.60. The van der Waals surface area contributed by atoms with E-state index in [0.29, 0.717) is 0 Å². The summed E-state index contributed by atoms with van der Waals surface area (Å²) in [6, 6.07) is 9.49. The zero-order chi connectivity index (χ0) is 11.9. The Hall–Kier alpha value is -1.71. The molecule has 0 aliphatic carbocycles. The molecule has 0 aromatic heterocycles. The summed E-state index contributed by atoms with van der Waals surface area (Å²) in [4.78, 5) is 10.0. The molecule has 4 N–H and O–H groups in total. The summed E-state index contributed by atoms with van der Waals surface area (Å²) in [6.45, 7) is 5.28. The Bertz CT molecular complexity index is 291. The summed E-state index contributed by atoms with van der Waals surface area (Å²) in [5.74, 6) is 0. The average molecular weight is 210 g/mol. The summed E-state index contributed by atoms with van der Waals surface area (Å²) in [7, 11) is 0. The Morgan fingerprint density at radius 3 is 1.80 bits per heavy atom. The molecular formula is C11H18N2O2. The van der Waals surface area contributed by atoms with E-state index >= 15 is 0 Å². The van der Waals surface area contributed by atoms with Crippen LogP contribution in [0.1, 0.15) is 20.8 Å². The van der Waals surface area contributed by atoms with Crippen LogP contribution in [0.5, 0.6) is 0 Å². The fourth-order valence-electron chi connectivity index (χ4n) is 0.755. The van der Waals surface area contributed by atoms with Crippen LogP contribution < -0.4 is 11.5 Å². The number of ether oxygens (including phenoxy) is 1. The third-order valence-electron chi connectivity index (χ3n) is 1.21. The molecule has 1 rings (SSSR count). The fraction of sp³-hybridized carbons (Fsp3) is 0.364. The molecule has 0 saturated carbocycles. The van der Waals surface area contributed by atoms with Gasteiger partial charge in [0.05, 0.1) is 0 Å². The van der Waals surface area contributed by atoms with Gasteiger partial charge < -0.3 is 16.2 Å². The number of carbonyl (C=O) groups excluding carboxylic acids is 1. The smallest absolute Gasteiger partial charge is 0.405 e. The van der Waals surface area contributed by atoms with Crippen LogP contribution >= 0.6 is 0 Å². The summed E-state index contributed by atoms with van der Waals surface area (Å²) in [5, 5.41) is 0. The van der Waals surface area contributed by atoms with Gasteiger partial charge in [0, 0.05) is 5.69 Å². The lowest BCUT2D eigenvalue weighted by Crippen LogP contribution is -2.27. The third-order valence-corrected chi connectivity index (χ3v) is 1.21. The van der Waals surface area contributed by atoms with Crippen LogP contribution in [0.15, 0.2) is 30.3 Å². The molecule has 4 heteroatoms. The summed E-state index contributed by atoms with van der Waals surface area (Å²) >= 11 is 0. The molecule has 0 saturated heterocycles. The number of hydrogen-bond acceptors (Lipinski definition) is 3. The zero-order valence-corrected chi connectivity index (χ0v) is 9.36. The second-order valence-electron chi connectivity index (χ2n) is 3.94. The van der Waals surface area contributed by atoms with Gasteiger partial charge in [-0.25, -0.2) is 4.79 Å². The van der Waals surface area contributed by atoms with Crippen molar-refractivity contribution < 1.29 is 9.53 Å². The quantitative estimate of drug-likeness (QED) is 0.644. The standard InChI is InChI=1S/C6H7N.C5H11NO2/c7-6-4-2-1-3-5-6;1-5(2,3)8-4(6)7/h1-5H,7H2;1-3H3,(H2,6,7). The number of benzene rings is 1. The summed E-state index contributed by atoms with van der Waals surface area (Å²) < 4.78 is 4.58. The molecule has 1 aromatic carbocycles. The highest BCUT2D eigenvalue weighted by molar-refractivity contribution is 5.65. The first-order valence-corrected chi connectivity index (χ1v) is 4.60. The van der Waals surface area contributed by atoms with Crippen LogP contribution in [0.3, 0.4) is 0 Å². The van der Waals surface area contributed by atoms with Crippen molar-refractivity contribution in [1.29, 1.82) is 0 Å². The van der Waals surface area contributed by atoms with Crippen LogP contribution in [0.4, 0.5) is 10.5 Å². The van der Waals surface area contributed by atoms with E-state index in [1.165, 1.54) is 0 Å². The minimum absolute atomic E-state index is 0.453. The summed E-state index contributed by atoms with van der Waals surface area (Å²) in [6.07, 6.45) is -0.725. The van der Waals surface area contributed by atoms with Gasteiger partial charge in [0.1, 0.15) is 5.60 Å². The molecule has 0 unspecified atom stereocenters. The van der Waals surface area contributed by atoms with Crippen molar-refractivity contribution in [2.75, 3.05) is 5.73 Å². The minimum atomic E-state index is -0.725. The Balaban J connectivity index is 0.000000262. The largest absolute Gasteiger partial charge is 0.444 e. The van der Waals surface area contributed by atoms with Crippen molar-refractivity contribution in [2.45, 2.75) is 26.4 Å². The molecule has 0 aliphatic heterocycles. The molecule has 1 aromatic rings. The van der Waals surface area contributed by atoms with E-state index in [4.69, 9.17) is 11.5 Å². The van der Waals surface area contributed by atoms with Crippen LogP contribution in [-0.4, -0.2) is 11.7 Å². The van der Waals surface area contributed by atoms with Crippen LogP contribution in [0.25, 0.3) is 0 Å². The van der Waals surface area contributed by atoms with Gasteiger partial charge in [0.2, 0.25) is 0 Å². The van der Waals surface area contributed by atoms with E-state index in [9.17, 15) is 4.79 Å². The highest BCUT2D eigenvalue weighted by Gasteiger charge is 2.12. The average Bonchev–Trinajstić information content (AvgIpc) is 2.01. The number of carbonyl (C=O) groups is 1. The van der Waals surface area contributed by atoms with Gasteiger partial charge >= 0.3 is 6.09 Å². The molecule has 0 bridgehead atoms. The van der Waals surface area contributed by atoms with Gasteiger partial charge in [-0.1, -0.05) is 18.2 Å². The minimum Gasteiger partial charge on any atom is -0.444 e. The lowest BCUT2D eigenvalue weighted by Gasteiger charge is -2.16. The predicted octanol–water partition coefficient (Wildman–Crippen LogP) is 2.15. The van der Waals surface area contributed by atoms with Crippen molar-refractivity contribution in [3.05, 3.63) is 30.3 Å². The molecule has 0 fully saturated rings. The molecule has 0 heterocycles. The Morgan fingerprint density at radius 1 is 1.20 bits per heavy atom. The fourth-order valence-corrected chi connectivity index (χ4v) is 0.755. The molecule has 0 radical (unpaired) electrons. The monoisotopic (exact) mass is 210 g/mol. The number of nitrogen functional groups attached to an aromatic ring is 1. The van der Waals surface area contributed by atoms with E-state index in [-0.39, 0.29) is 0 Å². The van der Waals surface area contributed by atoms with E-state index in [0.717, 1.165) is 5.69 Å². The molecule has 0 atom stereocenters. The first-order chi connectivity index (χ1) is 6.81. The van der Waals surface area contributed by atoms with Gasteiger partial charge in [0.25, 0.3) is 0 Å². The lowest BCUT2D eigenvalue weighted by molar-refractivity contribution is 0.0600. The second kappa shape index (κ2) is 5.90. The Labute approximate surface area is 90.2 Å². The first kappa shape index (κ1) is 13.3. The van der Waals surface area contributed by atoms with Gasteiger partial charge in [0.15, 0.2) is 0 Å². The van der Waals surface area contributed by atoms with E-state index in [1.807, 2.05) is 30.3 Å². The number of anilines is 1. The highest BCUT2D eigenvalue weighted by Crippen LogP contribution is 2.04. The number of primary amides is 1. The topological polar surface area (TPSA) is 78.3 Å². The molecule has 4 nitrogen and oxygen atoms in total. The van der Waals surface area contributed by atoms with E-state index in [2.05, 4.69) is 4.74 Å². The van der Waals surface area contributed by atoms with Crippen molar-refractivity contribution in [3.8, 4) is 0 Å². The van der Waals surface area contributed by atoms with Crippen molar-refractivity contribution in [3.63, 3.8) is 0 Å². The highest BCUT2D eigenvalue weighted by atomic mass is 16.6. The maximum absolute atomic E-state index is 10.0. The number of hydrogen-bond donors (Lipinski definition) is 2. The van der Waals surface area contributed by atoms with Gasteiger partial charge in [-0.05, 0) is 32.9 Å². The zero-order valence-electron chi connectivity index (χ0n) is 9.36. The molecule has 0 aliphatic rings. The second-order valence-corrected chi connectivity index (χ2v) is 3.94. The lowest BCUT2D eigenvalue weighted by atomic mass is 10.2. The van der Waals surface area contributed by atoms with Crippen LogP contribution in [0, 0.1) is 0 Å². The molecular weight excluding hydrogens is 192 g/mol. The molecule has 1 amide bonds. The SMILES string of the molecule is CC(C)(C)OC(N)=O.Nc1ccccc1. The molecule has 84 valence electrons. The Kier molecular flexibility index (Phi) is 5.23. The maximum atomic E-state index is 10.0. The van der Waals surface area contributed by atoms with E-state index < -0.39 is 11.7 Å². The number of rotatable bonds is 0. The van der Waals surface area contributed by atoms with E-state index in [1.54, 1.807) is 20.8 Å². The molecule has 0 spiro atoms. The number of amides is 1. The molecule has 15 heavy (non-hydrogen) atoms. The van der Waals surface area contributed by atoms with Crippen molar-refractivity contribution >= 4 is 11.8 Å². The van der Waals surface area contributed by atoms with Crippen LogP contribution in [0.2, 0.25) is 0 Å². The van der Waals surface area contributed by atoms with Crippen molar-refractivity contribution in [1.82, 2.24) is 0 Å². The summed E-state index contributed by atoms with van der Waals surface area (Å²) in [5.41, 5.74) is 10.4. The van der Waals surface area contributed by atoms with Crippen molar-refractivity contribution in [2.24, 2.45) is 5.73 Å². The third kappa shape index (κ3) is 10.2. The Morgan fingerprint density at radius 2 is 1.67 bits per heavy atom. The van der Waals surface area contributed by atoms with Gasteiger partial charge in [-0.3, -0.25) is 0 Å². The number of para-hydroxylation sites is 1. The predicted molar refractivity (Wildman–Crippen MR) is 61.3 cm³/mol. The number of nitrogens with two attached hydrogens (primary N) is 2. The van der Waals surface area contributed by atoms with Gasteiger partial charge in [-0.2, -0.15) is 0 Å². The van der Waals surface area contributed by atoms with Gasteiger partial charge in [-0.15, -0.1) is 0 Å². The van der Waals surface area contributed by atoms with Crippen LogP contribution in [-0.2, 0) is 4.74 Å².